The average molecular weight is 644 g/mol. The number of carbonyl (C=O) groups excluding carboxylic acids is 2. The summed E-state index contributed by atoms with van der Waals surface area (Å²) >= 11 is 0. The number of hydrazine groups is 1. The monoisotopic (exact) mass is 643 g/mol. The van der Waals surface area contributed by atoms with E-state index in [0.29, 0.717) is 49.7 Å². The Morgan fingerprint density at radius 3 is 2.30 bits per heavy atom. The quantitative estimate of drug-likeness (QED) is 0.0501. The van der Waals surface area contributed by atoms with E-state index in [0.717, 1.165) is 31.4 Å². The van der Waals surface area contributed by atoms with Crippen LogP contribution >= 0.6 is 0 Å². The smallest absolute Gasteiger partial charge is 0.207 e. The minimum Gasteiger partial charge on any atom is -0.355 e. The Morgan fingerprint density at radius 1 is 1.09 bits per heavy atom. The van der Waals surface area contributed by atoms with E-state index in [1.54, 1.807) is 13.2 Å². The molecule has 2 aliphatic rings. The molecule has 0 aliphatic heterocycles. The Labute approximate surface area is 277 Å². The molecule has 0 spiro atoms. The summed E-state index contributed by atoms with van der Waals surface area (Å²) in [5, 5.41) is 6.90. The number of nitrogens with two attached hydrogens (primary N) is 1. The van der Waals surface area contributed by atoms with Crippen molar-refractivity contribution >= 4 is 12.8 Å². The van der Waals surface area contributed by atoms with Gasteiger partial charge in [0.1, 0.15) is 6.67 Å². The fraction of sp³-hybridized carbons (Fsp3) is 0.486. The maximum absolute atomic E-state index is 12.2. The standard InChI is InChI=1S/C20H23N3O2.C8H12F2.C5H12N2.2C2H6/c24-13-21-7-1-3-15-5-6-16-10-18(11-17(16)9-15)19-4-2-8-23-20(19)12-22-14-25;1-3-8(4-5-9)6-7(2)10;1-3-4-5-7(2)6;2*1-2/h1-4,6,8-9,13-15,18H,5,7,10-12H2,(H,21,24)(H,22,25);4,6H,3,5H2,1-2H3;4-5H,3,6H2,1-2H3;2*1-2H3/b3-1+;7-6+,8-4-;5-4-;;. The van der Waals surface area contributed by atoms with Gasteiger partial charge >= 0.3 is 0 Å². The molecule has 258 valence electrons. The van der Waals surface area contributed by atoms with Gasteiger partial charge in [-0.3, -0.25) is 14.6 Å². The Hall–Kier alpha value is -3.85. The number of rotatable bonds is 13. The number of nitrogens with one attached hydrogen (secondary N) is 2. The van der Waals surface area contributed by atoms with E-state index in [2.05, 4.69) is 46.8 Å². The maximum Gasteiger partial charge on any atom is 0.207 e. The predicted molar refractivity (Wildman–Crippen MR) is 190 cm³/mol. The number of carbonyl (C=O) groups is 2. The van der Waals surface area contributed by atoms with Gasteiger partial charge in [-0.15, -0.1) is 0 Å². The molecule has 4 N–H and O–H groups in total. The summed E-state index contributed by atoms with van der Waals surface area (Å²) in [7, 11) is 1.80. The normalized spacial score (nSPS) is 16.8. The van der Waals surface area contributed by atoms with Gasteiger partial charge in [-0.25, -0.2) is 14.6 Å². The number of allylic oxidation sites excluding steroid dienone is 10. The van der Waals surface area contributed by atoms with Crippen LogP contribution in [0.1, 0.15) is 97.7 Å². The zero-order valence-corrected chi connectivity index (χ0v) is 29.4. The van der Waals surface area contributed by atoms with Crippen molar-refractivity contribution in [1.82, 2.24) is 20.6 Å². The second kappa shape index (κ2) is 29.8. The van der Waals surface area contributed by atoms with Crippen LogP contribution in [0, 0.1) is 5.92 Å². The van der Waals surface area contributed by atoms with E-state index in [9.17, 15) is 18.4 Å². The van der Waals surface area contributed by atoms with Crippen molar-refractivity contribution in [2.75, 3.05) is 20.3 Å². The van der Waals surface area contributed by atoms with Crippen molar-refractivity contribution in [3.05, 3.63) is 101 Å². The molecule has 1 aromatic rings. The van der Waals surface area contributed by atoms with Crippen LogP contribution in [0.4, 0.5) is 8.78 Å². The fourth-order valence-electron chi connectivity index (χ4n) is 4.61. The van der Waals surface area contributed by atoms with Crippen LogP contribution in [0.15, 0.2) is 89.6 Å². The molecule has 0 radical (unpaired) electrons. The zero-order valence-electron chi connectivity index (χ0n) is 29.4. The Kier molecular flexibility index (Phi) is 28.7. The third kappa shape index (κ3) is 20.2. The number of hydrogen-bond donors (Lipinski definition) is 3. The zero-order chi connectivity index (χ0) is 35.2. The Balaban J connectivity index is 0. The summed E-state index contributed by atoms with van der Waals surface area (Å²) in [4.78, 5) is 25.3. The van der Waals surface area contributed by atoms with E-state index in [4.69, 9.17) is 5.84 Å². The number of fused-ring (bicyclic) bond motifs is 1. The number of pyridine rings is 1. The molecule has 2 unspecified atom stereocenters. The van der Waals surface area contributed by atoms with Gasteiger partial charge in [-0.1, -0.05) is 84.1 Å². The van der Waals surface area contributed by atoms with Gasteiger partial charge < -0.3 is 15.6 Å². The molecule has 0 bridgehead atoms. The van der Waals surface area contributed by atoms with Crippen LogP contribution in [-0.4, -0.2) is 43.1 Å². The van der Waals surface area contributed by atoms with Crippen LogP contribution in [0.3, 0.4) is 0 Å². The molecule has 1 heterocycles. The van der Waals surface area contributed by atoms with Gasteiger partial charge in [-0.2, -0.15) is 0 Å². The second-order valence-electron chi connectivity index (χ2n) is 9.89. The maximum atomic E-state index is 12.2. The number of aromatic nitrogens is 1. The van der Waals surface area contributed by atoms with Crippen LogP contribution in [-0.2, 0) is 16.1 Å². The molecule has 2 aliphatic carbocycles. The lowest BCUT2D eigenvalue weighted by Crippen LogP contribution is -2.18. The molecule has 1 aromatic heterocycles. The van der Waals surface area contributed by atoms with Crippen molar-refractivity contribution in [2.45, 2.75) is 93.0 Å². The third-order valence-corrected chi connectivity index (χ3v) is 6.53. The minimum absolute atomic E-state index is 0.276. The molecule has 1 fully saturated rings. The fourth-order valence-corrected chi connectivity index (χ4v) is 4.61. The molecule has 1 saturated carbocycles. The van der Waals surface area contributed by atoms with Gasteiger partial charge in [0.25, 0.3) is 0 Å². The third-order valence-electron chi connectivity index (χ3n) is 6.53. The number of nitrogens with zero attached hydrogens (tertiary/aromatic N) is 2. The number of halogens is 2. The summed E-state index contributed by atoms with van der Waals surface area (Å²) in [6.45, 7) is 13.8. The van der Waals surface area contributed by atoms with Crippen molar-refractivity contribution in [3.8, 4) is 0 Å². The van der Waals surface area contributed by atoms with Gasteiger partial charge in [0.2, 0.25) is 12.8 Å². The molecular formula is C37H59F2N5O2. The molecule has 46 heavy (non-hydrogen) atoms. The Bertz CT molecular complexity index is 1140. The average Bonchev–Trinajstić information content (AvgIpc) is 3.50. The summed E-state index contributed by atoms with van der Waals surface area (Å²) in [5.41, 5.74) is 5.76. The van der Waals surface area contributed by atoms with E-state index < -0.39 is 6.67 Å². The first-order chi connectivity index (χ1) is 22.3. The lowest BCUT2D eigenvalue weighted by molar-refractivity contribution is -0.110. The van der Waals surface area contributed by atoms with Gasteiger partial charge in [0.05, 0.1) is 18.1 Å². The van der Waals surface area contributed by atoms with Crippen molar-refractivity contribution in [1.29, 1.82) is 0 Å². The summed E-state index contributed by atoms with van der Waals surface area (Å²) in [6, 6.07) is 4.09. The Morgan fingerprint density at radius 2 is 1.76 bits per heavy atom. The van der Waals surface area contributed by atoms with E-state index >= 15 is 0 Å². The van der Waals surface area contributed by atoms with E-state index in [1.807, 2.05) is 59.0 Å². The molecule has 2 amide bonds. The molecule has 3 rings (SSSR count). The summed E-state index contributed by atoms with van der Waals surface area (Å²) in [5.74, 6) is 5.77. The van der Waals surface area contributed by atoms with E-state index in [-0.39, 0.29) is 5.83 Å². The molecule has 9 heteroatoms. The van der Waals surface area contributed by atoms with Crippen molar-refractivity contribution in [3.63, 3.8) is 0 Å². The lowest BCUT2D eigenvalue weighted by atomic mass is 9.92. The number of alkyl halides is 1. The first-order valence-corrected chi connectivity index (χ1v) is 16.4. The number of amides is 2. The van der Waals surface area contributed by atoms with E-state index in [1.165, 1.54) is 40.8 Å². The predicted octanol–water partition coefficient (Wildman–Crippen LogP) is 8.31. The van der Waals surface area contributed by atoms with Crippen LogP contribution in [0.25, 0.3) is 0 Å². The second-order valence-corrected chi connectivity index (χ2v) is 9.89. The van der Waals surface area contributed by atoms with Crippen molar-refractivity contribution < 1.29 is 18.4 Å². The van der Waals surface area contributed by atoms with Gasteiger partial charge in [0, 0.05) is 26.0 Å². The van der Waals surface area contributed by atoms with Crippen LogP contribution in [0.5, 0.6) is 0 Å². The molecule has 7 nitrogen and oxygen atoms in total. The highest BCUT2D eigenvalue weighted by molar-refractivity contribution is 5.48. The van der Waals surface area contributed by atoms with Crippen LogP contribution < -0.4 is 16.5 Å². The molecule has 0 aromatic carbocycles. The highest BCUT2D eigenvalue weighted by atomic mass is 19.1. The topological polar surface area (TPSA) is 100 Å². The first-order valence-electron chi connectivity index (χ1n) is 16.4. The minimum atomic E-state index is -0.521. The van der Waals surface area contributed by atoms with Crippen molar-refractivity contribution in [2.24, 2.45) is 11.8 Å². The molecule has 0 saturated heterocycles. The largest absolute Gasteiger partial charge is 0.355 e. The highest BCUT2D eigenvalue weighted by Gasteiger charge is 2.29. The molecule has 2 atom stereocenters. The van der Waals surface area contributed by atoms with Crippen LogP contribution in [0.2, 0.25) is 0 Å². The van der Waals surface area contributed by atoms with Gasteiger partial charge in [0.15, 0.2) is 0 Å². The summed E-state index contributed by atoms with van der Waals surface area (Å²) < 4.78 is 23.8. The lowest BCUT2D eigenvalue weighted by Gasteiger charge is -2.14. The number of hydrogen-bond acceptors (Lipinski definition) is 5. The summed E-state index contributed by atoms with van der Waals surface area (Å²) in [6.07, 6.45) is 23.4. The van der Waals surface area contributed by atoms with Gasteiger partial charge in [-0.05, 0) is 85.3 Å². The highest BCUT2D eigenvalue weighted by Crippen LogP contribution is 2.45. The first kappa shape index (κ1) is 44.3. The SMILES string of the molecule is CC.CC.CC/C=C\N(C)N.CCC(=C/CF)/C=C(\C)F.O=CNC/C=C/C1C=C2CC(c3cccnc3CNC=O)CC2=CC1. The molecular weight excluding hydrogens is 584 g/mol.